The van der Waals surface area contributed by atoms with Crippen LogP contribution in [-0.4, -0.2) is 81.4 Å². The number of aromatic nitrogens is 1. The summed E-state index contributed by atoms with van der Waals surface area (Å²) in [6.45, 7) is 0.252. The Morgan fingerprint density at radius 1 is 1.18 bits per heavy atom. The van der Waals surface area contributed by atoms with E-state index in [-0.39, 0.29) is 23.2 Å². The maximum atomic E-state index is 13.5. The average molecular weight is 565 g/mol. The monoisotopic (exact) mass is 564 g/mol. The molecule has 0 amide bonds. The van der Waals surface area contributed by atoms with Crippen LogP contribution in [0.2, 0.25) is 0 Å². The van der Waals surface area contributed by atoms with Crippen LogP contribution in [-0.2, 0) is 16.4 Å². The van der Waals surface area contributed by atoms with Gasteiger partial charge >= 0.3 is 6.18 Å². The fourth-order valence-corrected chi connectivity index (χ4v) is 5.27. The van der Waals surface area contributed by atoms with Crippen LogP contribution in [0.4, 0.5) is 24.5 Å². The fourth-order valence-electron chi connectivity index (χ4n) is 4.63. The Morgan fingerprint density at radius 3 is 2.64 bits per heavy atom. The molecular weight excluding hydrogens is 533 g/mol. The predicted molar refractivity (Wildman–Crippen MR) is 145 cm³/mol. The van der Waals surface area contributed by atoms with Crippen LogP contribution in [0.25, 0.3) is 10.9 Å². The molecule has 2 atom stereocenters. The third kappa shape index (κ3) is 6.98. The second kappa shape index (κ2) is 11.4. The number of ether oxygens (including phenoxy) is 1. The van der Waals surface area contributed by atoms with Crippen LogP contribution in [0.5, 0.6) is 5.75 Å². The smallest absolute Gasteiger partial charge is 0.406 e. The first kappa shape index (κ1) is 28.6. The quantitative estimate of drug-likeness (QED) is 0.378. The van der Waals surface area contributed by atoms with Gasteiger partial charge in [0.15, 0.2) is 9.84 Å². The molecule has 3 N–H and O–H groups in total. The standard InChI is InChI=1S/C27H31F3N4O4S/c1-33-13-11-25(35)23(16-33)32-21-7-4-8-24-20(21)14-18(34(24)17-27(28,29)30)6-5-12-31-22-10-9-19(39(3,36)37)15-26(22)38-2/h4,7-10,14-15,23,25,31-32,35H,11-13,16-17H2,1-3H3/t23-,25+/m0/s1. The normalized spacial score (nSPS) is 18.4. The molecule has 1 aliphatic rings. The topological polar surface area (TPSA) is 95.8 Å². The molecule has 0 bridgehead atoms. The highest BCUT2D eigenvalue weighted by Gasteiger charge is 2.30. The number of methoxy groups -OCH3 is 1. The molecule has 0 aliphatic carbocycles. The molecule has 39 heavy (non-hydrogen) atoms. The van der Waals surface area contributed by atoms with Crippen LogP contribution in [0.1, 0.15) is 12.1 Å². The number of benzene rings is 2. The van der Waals surface area contributed by atoms with Gasteiger partial charge in [-0.3, -0.25) is 0 Å². The average Bonchev–Trinajstić information content (AvgIpc) is 3.20. The predicted octanol–water partition coefficient (Wildman–Crippen LogP) is 3.56. The molecular formula is C27H31F3N4O4S. The van der Waals surface area contributed by atoms with E-state index in [1.807, 2.05) is 7.05 Å². The molecule has 1 aromatic heterocycles. The van der Waals surface area contributed by atoms with Crippen LogP contribution in [0.15, 0.2) is 47.4 Å². The van der Waals surface area contributed by atoms with E-state index in [2.05, 4.69) is 27.4 Å². The number of nitrogens with zero attached hydrogens (tertiary/aromatic N) is 2. The molecule has 0 saturated carbocycles. The maximum Gasteiger partial charge on any atom is 0.406 e. The molecule has 1 aliphatic heterocycles. The number of sulfone groups is 1. The summed E-state index contributed by atoms with van der Waals surface area (Å²) in [5.41, 5.74) is 1.70. The van der Waals surface area contributed by atoms with Crippen LogP contribution in [0.3, 0.4) is 0 Å². The number of anilines is 2. The van der Waals surface area contributed by atoms with E-state index < -0.39 is 28.7 Å². The lowest BCUT2D eigenvalue weighted by Gasteiger charge is -2.35. The zero-order valence-corrected chi connectivity index (χ0v) is 22.7. The van der Waals surface area contributed by atoms with Gasteiger partial charge in [-0.25, -0.2) is 8.42 Å². The lowest BCUT2D eigenvalue weighted by Crippen LogP contribution is -2.48. The van der Waals surface area contributed by atoms with Crippen LogP contribution >= 0.6 is 0 Å². The van der Waals surface area contributed by atoms with Gasteiger partial charge in [-0.05, 0) is 49.7 Å². The summed E-state index contributed by atoms with van der Waals surface area (Å²) in [4.78, 5) is 2.19. The zero-order chi connectivity index (χ0) is 28.4. The summed E-state index contributed by atoms with van der Waals surface area (Å²) in [6, 6.07) is 10.8. The number of piperidine rings is 1. The molecule has 3 aromatic rings. The third-order valence-electron chi connectivity index (χ3n) is 6.59. The number of likely N-dealkylation sites (N-methyl/N-ethyl adjacent to an activating group) is 1. The first-order valence-corrected chi connectivity index (χ1v) is 14.2. The Bertz CT molecular complexity index is 1510. The number of hydrogen-bond donors (Lipinski definition) is 3. The van der Waals surface area contributed by atoms with E-state index in [0.29, 0.717) is 41.0 Å². The lowest BCUT2D eigenvalue weighted by molar-refractivity contribution is -0.140. The van der Waals surface area contributed by atoms with Crippen LogP contribution in [0, 0.1) is 11.8 Å². The summed E-state index contributed by atoms with van der Waals surface area (Å²) >= 11 is 0. The summed E-state index contributed by atoms with van der Waals surface area (Å²) in [5.74, 6) is 6.00. The van der Waals surface area contributed by atoms with Crippen molar-refractivity contribution in [1.82, 2.24) is 9.47 Å². The Balaban J connectivity index is 1.62. The van der Waals surface area contributed by atoms with Crippen molar-refractivity contribution in [3.8, 4) is 17.6 Å². The summed E-state index contributed by atoms with van der Waals surface area (Å²) in [7, 11) is -0.0535. The van der Waals surface area contributed by atoms with Crippen molar-refractivity contribution in [3.63, 3.8) is 0 Å². The molecule has 4 rings (SSSR count). The Hall–Kier alpha value is -3.40. The van der Waals surface area contributed by atoms with E-state index in [1.165, 1.54) is 19.2 Å². The molecule has 2 aromatic carbocycles. The lowest BCUT2D eigenvalue weighted by atomic mass is 10.0. The van der Waals surface area contributed by atoms with Gasteiger partial charge in [0.2, 0.25) is 0 Å². The van der Waals surface area contributed by atoms with E-state index >= 15 is 0 Å². The minimum absolute atomic E-state index is 0.0772. The van der Waals surface area contributed by atoms with Crippen molar-refractivity contribution in [1.29, 1.82) is 0 Å². The minimum Gasteiger partial charge on any atom is -0.495 e. The fraction of sp³-hybridized carbons (Fsp3) is 0.407. The van der Waals surface area contributed by atoms with Crippen molar-refractivity contribution >= 4 is 32.1 Å². The summed E-state index contributed by atoms with van der Waals surface area (Å²) in [6.07, 6.45) is -3.33. The van der Waals surface area contributed by atoms with Crippen molar-refractivity contribution in [2.24, 2.45) is 0 Å². The number of fused-ring (bicyclic) bond motifs is 1. The van der Waals surface area contributed by atoms with E-state index in [1.54, 1.807) is 30.3 Å². The molecule has 0 spiro atoms. The SMILES string of the molecule is COc1cc(S(C)(=O)=O)ccc1NCC#Cc1cc2c(N[C@H]3CN(C)CC[C@H]3O)cccc2n1CC(F)(F)F. The van der Waals surface area contributed by atoms with Gasteiger partial charge in [0.1, 0.15) is 12.3 Å². The third-order valence-corrected chi connectivity index (χ3v) is 7.70. The number of likely N-dealkylation sites (tertiary alicyclic amines) is 1. The van der Waals surface area contributed by atoms with Crippen LogP contribution < -0.4 is 15.4 Å². The summed E-state index contributed by atoms with van der Waals surface area (Å²) < 4.78 is 70.5. The van der Waals surface area contributed by atoms with Gasteiger partial charge < -0.3 is 29.9 Å². The number of aliphatic hydroxyl groups excluding tert-OH is 1. The Kier molecular flexibility index (Phi) is 8.34. The van der Waals surface area contributed by atoms with Gasteiger partial charge in [0, 0.05) is 36.5 Å². The summed E-state index contributed by atoms with van der Waals surface area (Å²) in [5, 5.41) is 17.4. The molecule has 0 radical (unpaired) electrons. The second-order valence-electron chi connectivity index (χ2n) is 9.63. The highest BCUT2D eigenvalue weighted by atomic mass is 32.2. The zero-order valence-electron chi connectivity index (χ0n) is 21.8. The first-order valence-electron chi connectivity index (χ1n) is 12.3. The van der Waals surface area contributed by atoms with Crippen molar-refractivity contribution in [2.75, 3.05) is 50.7 Å². The number of aliphatic hydroxyl groups is 1. The molecule has 2 heterocycles. The maximum absolute atomic E-state index is 13.5. The molecule has 1 fully saturated rings. The van der Waals surface area contributed by atoms with Gasteiger partial charge in [0.25, 0.3) is 0 Å². The second-order valence-corrected chi connectivity index (χ2v) is 11.6. The molecule has 210 valence electrons. The largest absolute Gasteiger partial charge is 0.495 e. The molecule has 1 saturated heterocycles. The van der Waals surface area contributed by atoms with E-state index in [4.69, 9.17) is 4.74 Å². The van der Waals surface area contributed by atoms with Gasteiger partial charge in [0.05, 0.1) is 47.6 Å². The molecule has 8 nitrogen and oxygen atoms in total. The highest BCUT2D eigenvalue weighted by molar-refractivity contribution is 7.90. The van der Waals surface area contributed by atoms with Gasteiger partial charge in [-0.2, -0.15) is 13.2 Å². The first-order chi connectivity index (χ1) is 18.4. The van der Waals surface area contributed by atoms with Crippen molar-refractivity contribution in [2.45, 2.75) is 36.2 Å². The molecule has 0 unspecified atom stereocenters. The Labute approximate surface area is 225 Å². The molecule has 12 heteroatoms. The van der Waals surface area contributed by atoms with Gasteiger partial charge in [-0.1, -0.05) is 12.0 Å². The van der Waals surface area contributed by atoms with Crippen molar-refractivity contribution in [3.05, 3.63) is 48.2 Å². The number of halogens is 3. The number of nitrogens with one attached hydrogen (secondary N) is 2. The minimum atomic E-state index is -4.46. The Morgan fingerprint density at radius 2 is 1.95 bits per heavy atom. The number of alkyl halides is 3. The number of rotatable bonds is 7. The van der Waals surface area contributed by atoms with Gasteiger partial charge in [-0.15, -0.1) is 0 Å². The number of hydrogen-bond acceptors (Lipinski definition) is 7. The van der Waals surface area contributed by atoms with Crippen molar-refractivity contribution < 1.29 is 31.4 Å². The highest BCUT2D eigenvalue weighted by Crippen LogP contribution is 2.31. The van der Waals surface area contributed by atoms with E-state index in [0.717, 1.165) is 17.4 Å². The van der Waals surface area contributed by atoms with E-state index in [9.17, 15) is 26.7 Å².